The number of hydrogen-bond donors (Lipinski definition) is 1. The van der Waals surface area contributed by atoms with Gasteiger partial charge in [-0.3, -0.25) is 4.79 Å². The molecular formula is C15H22ClNO2S. The van der Waals surface area contributed by atoms with E-state index in [0.29, 0.717) is 13.0 Å². The minimum Gasteiger partial charge on any atom is -0.465 e. The first-order valence-electron chi connectivity index (χ1n) is 6.84. The summed E-state index contributed by atoms with van der Waals surface area (Å²) < 4.78 is 5.09. The Morgan fingerprint density at radius 3 is 2.70 bits per heavy atom. The number of carbonyl (C=O) groups excluding carboxylic acids is 1. The Morgan fingerprint density at radius 1 is 1.40 bits per heavy atom. The van der Waals surface area contributed by atoms with Crippen LogP contribution in [0.25, 0.3) is 0 Å². The quantitative estimate of drug-likeness (QED) is 0.585. The van der Waals surface area contributed by atoms with Crippen molar-refractivity contribution in [2.24, 2.45) is 0 Å². The van der Waals surface area contributed by atoms with E-state index in [0.717, 1.165) is 15.7 Å². The number of rotatable bonds is 8. The van der Waals surface area contributed by atoms with E-state index in [2.05, 4.69) is 5.32 Å². The summed E-state index contributed by atoms with van der Waals surface area (Å²) in [5.74, 6) is 0.633. The first kappa shape index (κ1) is 17.3. The van der Waals surface area contributed by atoms with Crippen molar-refractivity contribution in [3.05, 3.63) is 29.3 Å². The van der Waals surface area contributed by atoms with Crippen molar-refractivity contribution in [2.75, 3.05) is 12.4 Å². The van der Waals surface area contributed by atoms with E-state index < -0.39 is 0 Å². The van der Waals surface area contributed by atoms with E-state index in [1.807, 2.05) is 45.0 Å². The number of nitrogens with one attached hydrogen (secondary N) is 1. The highest BCUT2D eigenvalue weighted by Crippen LogP contribution is 2.27. The highest BCUT2D eigenvalue weighted by Gasteiger charge is 2.20. The second-order valence-electron chi connectivity index (χ2n) is 4.69. The van der Waals surface area contributed by atoms with E-state index in [1.165, 1.54) is 0 Å². The van der Waals surface area contributed by atoms with Gasteiger partial charge in [0.1, 0.15) is 6.04 Å². The number of carbonyl (C=O) groups is 1. The summed E-state index contributed by atoms with van der Waals surface area (Å²) in [5, 5.41) is 4.00. The van der Waals surface area contributed by atoms with Crippen molar-refractivity contribution in [1.82, 2.24) is 5.32 Å². The Morgan fingerprint density at radius 2 is 2.10 bits per heavy atom. The first-order chi connectivity index (χ1) is 9.54. The second kappa shape index (κ2) is 9.27. The molecule has 0 amide bonds. The van der Waals surface area contributed by atoms with E-state index in [-0.39, 0.29) is 18.1 Å². The van der Waals surface area contributed by atoms with Gasteiger partial charge in [0.05, 0.1) is 11.6 Å². The molecule has 3 nitrogen and oxygen atoms in total. The normalized spacial score (nSPS) is 12.4. The van der Waals surface area contributed by atoms with Crippen LogP contribution >= 0.6 is 23.4 Å². The standard InChI is InChI=1S/C15H22ClNO2S/c1-4-19-15(18)13(17-11(2)3)9-10-20-14-8-6-5-7-12(14)16/h5-8,11,13,17H,4,9-10H2,1-3H3. The fourth-order valence-electron chi connectivity index (χ4n) is 1.76. The zero-order valence-corrected chi connectivity index (χ0v) is 13.8. The molecule has 0 bridgehead atoms. The van der Waals surface area contributed by atoms with Gasteiger partial charge < -0.3 is 10.1 Å². The van der Waals surface area contributed by atoms with Crippen LogP contribution in [0.4, 0.5) is 0 Å². The van der Waals surface area contributed by atoms with Crippen LogP contribution in [0.5, 0.6) is 0 Å². The molecule has 20 heavy (non-hydrogen) atoms. The number of esters is 1. The summed E-state index contributed by atoms with van der Waals surface area (Å²) in [6.45, 7) is 6.27. The van der Waals surface area contributed by atoms with Gasteiger partial charge in [0.2, 0.25) is 0 Å². The lowest BCUT2D eigenvalue weighted by Gasteiger charge is -2.19. The summed E-state index contributed by atoms with van der Waals surface area (Å²) >= 11 is 7.77. The van der Waals surface area contributed by atoms with Gasteiger partial charge in [0, 0.05) is 16.7 Å². The average Bonchev–Trinajstić information content (AvgIpc) is 2.39. The monoisotopic (exact) mass is 315 g/mol. The largest absolute Gasteiger partial charge is 0.465 e. The Kier molecular flexibility index (Phi) is 8.04. The average molecular weight is 316 g/mol. The maximum Gasteiger partial charge on any atom is 0.323 e. The molecule has 1 rings (SSSR count). The van der Waals surface area contributed by atoms with Gasteiger partial charge in [0.15, 0.2) is 0 Å². The molecule has 0 aliphatic carbocycles. The third kappa shape index (κ3) is 6.16. The molecular weight excluding hydrogens is 294 g/mol. The summed E-state index contributed by atoms with van der Waals surface area (Å²) in [5.41, 5.74) is 0. The van der Waals surface area contributed by atoms with Crippen LogP contribution in [0.3, 0.4) is 0 Å². The smallest absolute Gasteiger partial charge is 0.323 e. The second-order valence-corrected chi connectivity index (χ2v) is 6.24. The minimum absolute atomic E-state index is 0.180. The SMILES string of the molecule is CCOC(=O)C(CCSc1ccccc1Cl)NC(C)C. The third-order valence-electron chi connectivity index (χ3n) is 2.61. The van der Waals surface area contributed by atoms with Crippen LogP contribution in [0.2, 0.25) is 5.02 Å². The van der Waals surface area contributed by atoms with E-state index in [1.54, 1.807) is 11.8 Å². The van der Waals surface area contributed by atoms with Crippen molar-refractivity contribution in [3.8, 4) is 0 Å². The summed E-state index contributed by atoms with van der Waals surface area (Å²) in [6, 6.07) is 7.72. The Bertz CT molecular complexity index is 426. The molecule has 0 radical (unpaired) electrons. The molecule has 1 N–H and O–H groups in total. The number of ether oxygens (including phenoxy) is 1. The number of thioether (sulfide) groups is 1. The van der Waals surface area contributed by atoms with Gasteiger partial charge in [-0.05, 0) is 25.5 Å². The number of benzene rings is 1. The summed E-state index contributed by atoms with van der Waals surface area (Å²) in [4.78, 5) is 12.9. The maximum atomic E-state index is 11.9. The van der Waals surface area contributed by atoms with E-state index in [4.69, 9.17) is 16.3 Å². The van der Waals surface area contributed by atoms with Crippen molar-refractivity contribution in [1.29, 1.82) is 0 Å². The Balaban J connectivity index is 2.49. The van der Waals surface area contributed by atoms with Crippen molar-refractivity contribution in [3.63, 3.8) is 0 Å². The van der Waals surface area contributed by atoms with Gasteiger partial charge in [-0.1, -0.05) is 37.6 Å². The van der Waals surface area contributed by atoms with Crippen LogP contribution < -0.4 is 5.32 Å². The molecule has 112 valence electrons. The van der Waals surface area contributed by atoms with Crippen molar-refractivity contribution >= 4 is 29.3 Å². The highest BCUT2D eigenvalue weighted by molar-refractivity contribution is 7.99. The van der Waals surface area contributed by atoms with Crippen LogP contribution in [0.1, 0.15) is 27.2 Å². The van der Waals surface area contributed by atoms with Gasteiger partial charge in [-0.2, -0.15) is 0 Å². The topological polar surface area (TPSA) is 38.3 Å². The Labute approximate surface area is 130 Å². The third-order valence-corrected chi connectivity index (χ3v) is 4.15. The van der Waals surface area contributed by atoms with E-state index in [9.17, 15) is 4.79 Å². The molecule has 0 saturated heterocycles. The lowest BCUT2D eigenvalue weighted by atomic mass is 10.2. The van der Waals surface area contributed by atoms with Crippen LogP contribution in [0, 0.1) is 0 Å². The fourth-order valence-corrected chi connectivity index (χ4v) is 3.02. The zero-order chi connectivity index (χ0) is 15.0. The molecule has 0 aliphatic rings. The van der Waals surface area contributed by atoms with Gasteiger partial charge >= 0.3 is 5.97 Å². The van der Waals surface area contributed by atoms with E-state index >= 15 is 0 Å². The predicted octanol–water partition coefficient (Wildman–Crippen LogP) is 3.75. The van der Waals surface area contributed by atoms with Gasteiger partial charge in [-0.25, -0.2) is 0 Å². The van der Waals surface area contributed by atoms with Crippen LogP contribution in [-0.2, 0) is 9.53 Å². The number of halogens is 1. The molecule has 0 spiro atoms. The predicted molar refractivity (Wildman–Crippen MR) is 85.5 cm³/mol. The zero-order valence-electron chi connectivity index (χ0n) is 12.2. The summed E-state index contributed by atoms with van der Waals surface area (Å²) in [7, 11) is 0. The summed E-state index contributed by atoms with van der Waals surface area (Å²) in [6.07, 6.45) is 0.715. The van der Waals surface area contributed by atoms with Gasteiger partial charge in [-0.15, -0.1) is 11.8 Å². The molecule has 0 aliphatic heterocycles. The molecule has 0 fully saturated rings. The first-order valence-corrected chi connectivity index (χ1v) is 8.21. The molecule has 1 unspecified atom stereocenters. The van der Waals surface area contributed by atoms with Crippen LogP contribution in [0.15, 0.2) is 29.2 Å². The van der Waals surface area contributed by atoms with Crippen LogP contribution in [-0.4, -0.2) is 30.4 Å². The molecule has 1 aromatic carbocycles. The Hall–Kier alpha value is -0.710. The fraction of sp³-hybridized carbons (Fsp3) is 0.533. The lowest BCUT2D eigenvalue weighted by molar-refractivity contribution is -0.145. The minimum atomic E-state index is -0.259. The maximum absolute atomic E-state index is 11.9. The van der Waals surface area contributed by atoms with Gasteiger partial charge in [0.25, 0.3) is 0 Å². The molecule has 1 aromatic rings. The lowest BCUT2D eigenvalue weighted by Crippen LogP contribution is -2.42. The molecule has 0 heterocycles. The molecule has 1 atom stereocenters. The van der Waals surface area contributed by atoms with Crippen molar-refractivity contribution < 1.29 is 9.53 Å². The highest BCUT2D eigenvalue weighted by atomic mass is 35.5. The molecule has 5 heteroatoms. The van der Waals surface area contributed by atoms with Crippen molar-refractivity contribution in [2.45, 2.75) is 44.2 Å². The number of hydrogen-bond acceptors (Lipinski definition) is 4. The molecule has 0 saturated carbocycles. The molecule has 0 aromatic heterocycles.